The lowest BCUT2D eigenvalue weighted by Crippen LogP contribution is -2.54. The number of nitrogens with zero attached hydrogens (tertiary/aromatic N) is 1. The zero-order valence-corrected chi connectivity index (χ0v) is 12.2. The first-order valence-electron chi connectivity index (χ1n) is 5.93. The van der Waals surface area contributed by atoms with Crippen LogP contribution in [-0.4, -0.2) is 47.8 Å². The quantitative estimate of drug-likeness (QED) is 0.841. The van der Waals surface area contributed by atoms with Crippen LogP contribution in [-0.2, 0) is 9.53 Å². The normalized spacial score (nSPS) is 18.4. The van der Waals surface area contributed by atoms with E-state index in [-0.39, 0.29) is 24.2 Å². The summed E-state index contributed by atoms with van der Waals surface area (Å²) < 4.78 is 32.5. The molecule has 1 unspecified atom stereocenters. The van der Waals surface area contributed by atoms with Gasteiger partial charge in [-0.15, -0.1) is 0 Å². The van der Waals surface area contributed by atoms with E-state index in [1.165, 1.54) is 0 Å². The summed E-state index contributed by atoms with van der Waals surface area (Å²) in [5.41, 5.74) is -0.626. The third kappa shape index (κ3) is 3.48. The van der Waals surface area contributed by atoms with Crippen LogP contribution in [0.1, 0.15) is 0 Å². The molecule has 0 aromatic heterocycles. The lowest BCUT2D eigenvalue weighted by Gasteiger charge is -2.32. The topological polar surface area (TPSA) is 78.9 Å². The van der Waals surface area contributed by atoms with Gasteiger partial charge in [0.25, 0.3) is 0 Å². The van der Waals surface area contributed by atoms with Crippen molar-refractivity contribution in [2.75, 3.05) is 25.1 Å². The molecule has 1 fully saturated rings. The number of nitrogens with one attached hydrogen (secondary N) is 1. The van der Waals surface area contributed by atoms with Gasteiger partial charge in [0.2, 0.25) is 0 Å². The number of aliphatic carboxylic acids is 1. The fourth-order valence-corrected chi connectivity index (χ4v) is 2.29. The molecule has 1 atom stereocenters. The summed E-state index contributed by atoms with van der Waals surface area (Å²) in [6.07, 6.45) is 0. The van der Waals surface area contributed by atoms with Gasteiger partial charge in [0, 0.05) is 11.0 Å². The van der Waals surface area contributed by atoms with E-state index in [1.807, 2.05) is 0 Å². The highest BCUT2D eigenvalue weighted by atomic mass is 79.9. The average Bonchev–Trinajstić information content (AvgIpc) is 2.42. The summed E-state index contributed by atoms with van der Waals surface area (Å²) in [5, 5.41) is 11.1. The molecule has 21 heavy (non-hydrogen) atoms. The third-order valence-corrected chi connectivity index (χ3v) is 3.37. The van der Waals surface area contributed by atoms with Gasteiger partial charge in [0.05, 0.1) is 13.2 Å². The molecule has 2 N–H and O–H groups in total. The number of morpholine rings is 1. The minimum Gasteiger partial charge on any atom is -0.480 e. The summed E-state index contributed by atoms with van der Waals surface area (Å²) in [6, 6.07) is -0.106. The maximum Gasteiger partial charge on any atom is 0.328 e. The fraction of sp³-hybridized carbons (Fsp3) is 0.333. The van der Waals surface area contributed by atoms with Crippen LogP contribution in [0.15, 0.2) is 16.6 Å². The van der Waals surface area contributed by atoms with E-state index in [1.54, 1.807) is 0 Å². The van der Waals surface area contributed by atoms with Gasteiger partial charge in [-0.3, -0.25) is 0 Å². The number of ether oxygens (including phenoxy) is 1. The number of carbonyl (C=O) groups is 2. The van der Waals surface area contributed by atoms with Crippen LogP contribution < -0.4 is 5.32 Å². The summed E-state index contributed by atoms with van der Waals surface area (Å²) in [5.74, 6) is -3.17. The smallest absolute Gasteiger partial charge is 0.328 e. The molecule has 1 aromatic rings. The molecular formula is C12H11BrF2N2O4. The number of carboxylic acid groups (broad SMARTS) is 1. The Balaban J connectivity index is 2.19. The molecule has 0 bridgehead atoms. The maximum absolute atomic E-state index is 13.7. The number of anilines is 1. The Hall–Kier alpha value is -1.74. The van der Waals surface area contributed by atoms with Crippen molar-refractivity contribution in [3.05, 3.63) is 28.2 Å². The van der Waals surface area contributed by atoms with E-state index in [2.05, 4.69) is 21.2 Å². The highest BCUT2D eigenvalue weighted by Gasteiger charge is 2.33. The molecule has 1 aliphatic heterocycles. The Morgan fingerprint density at radius 3 is 2.57 bits per heavy atom. The van der Waals surface area contributed by atoms with Crippen LogP contribution in [0.5, 0.6) is 0 Å². The van der Waals surface area contributed by atoms with Crippen molar-refractivity contribution >= 4 is 33.6 Å². The number of benzene rings is 1. The predicted molar refractivity (Wildman–Crippen MR) is 72.0 cm³/mol. The van der Waals surface area contributed by atoms with Gasteiger partial charge in [-0.2, -0.15) is 0 Å². The summed E-state index contributed by atoms with van der Waals surface area (Å²) >= 11 is 2.92. The second kappa shape index (κ2) is 6.35. The SMILES string of the molecule is O=C(O)C1COCCN1C(=O)Nc1c(F)cc(Br)cc1F. The van der Waals surface area contributed by atoms with E-state index >= 15 is 0 Å². The predicted octanol–water partition coefficient (Wildman–Crippen LogP) is 2.04. The molecule has 114 valence electrons. The highest BCUT2D eigenvalue weighted by molar-refractivity contribution is 9.10. The van der Waals surface area contributed by atoms with Crippen LogP contribution in [0.25, 0.3) is 0 Å². The number of urea groups is 1. The Labute approximate surface area is 126 Å². The molecule has 0 spiro atoms. The van der Waals surface area contributed by atoms with Gasteiger partial charge in [-0.05, 0) is 12.1 Å². The first kappa shape index (κ1) is 15.6. The lowest BCUT2D eigenvalue weighted by atomic mass is 10.2. The van der Waals surface area contributed by atoms with E-state index in [4.69, 9.17) is 9.84 Å². The van der Waals surface area contributed by atoms with Gasteiger partial charge in [0.1, 0.15) is 5.69 Å². The van der Waals surface area contributed by atoms with E-state index < -0.39 is 35.4 Å². The average molecular weight is 365 g/mol. The number of halogens is 3. The van der Waals surface area contributed by atoms with Crippen LogP contribution >= 0.6 is 15.9 Å². The van der Waals surface area contributed by atoms with Crippen molar-refractivity contribution in [1.29, 1.82) is 0 Å². The molecule has 0 radical (unpaired) electrons. The minimum absolute atomic E-state index is 0.0164. The van der Waals surface area contributed by atoms with Crippen LogP contribution in [0.2, 0.25) is 0 Å². The van der Waals surface area contributed by atoms with Crippen LogP contribution in [0.3, 0.4) is 0 Å². The molecule has 1 aromatic carbocycles. The zero-order chi connectivity index (χ0) is 15.6. The maximum atomic E-state index is 13.7. The second-order valence-electron chi connectivity index (χ2n) is 4.30. The first-order chi connectivity index (χ1) is 9.90. The van der Waals surface area contributed by atoms with Crippen molar-refractivity contribution in [2.45, 2.75) is 6.04 Å². The van der Waals surface area contributed by atoms with Crippen molar-refractivity contribution < 1.29 is 28.2 Å². The van der Waals surface area contributed by atoms with Gasteiger partial charge in [0.15, 0.2) is 17.7 Å². The molecule has 0 aliphatic carbocycles. The number of hydrogen-bond acceptors (Lipinski definition) is 3. The molecular weight excluding hydrogens is 354 g/mol. The monoisotopic (exact) mass is 364 g/mol. The minimum atomic E-state index is -1.25. The number of carbonyl (C=O) groups excluding carboxylic acids is 1. The molecule has 2 rings (SSSR count). The summed E-state index contributed by atoms with van der Waals surface area (Å²) in [7, 11) is 0. The molecule has 1 saturated heterocycles. The van der Waals surface area contributed by atoms with E-state index in [0.29, 0.717) is 0 Å². The van der Waals surface area contributed by atoms with Crippen molar-refractivity contribution in [3.63, 3.8) is 0 Å². The molecule has 6 nitrogen and oxygen atoms in total. The molecule has 1 aliphatic rings. The Bertz CT molecular complexity index is 561. The number of rotatable bonds is 2. The molecule has 2 amide bonds. The number of hydrogen-bond donors (Lipinski definition) is 2. The van der Waals surface area contributed by atoms with Crippen molar-refractivity contribution in [3.8, 4) is 0 Å². The van der Waals surface area contributed by atoms with Gasteiger partial charge in [-0.1, -0.05) is 15.9 Å². The number of carboxylic acids is 1. The van der Waals surface area contributed by atoms with Crippen molar-refractivity contribution in [2.24, 2.45) is 0 Å². The Morgan fingerprint density at radius 2 is 2.00 bits per heavy atom. The third-order valence-electron chi connectivity index (χ3n) is 2.91. The Kier molecular flexibility index (Phi) is 4.73. The fourth-order valence-electron chi connectivity index (χ4n) is 1.89. The molecule has 9 heteroatoms. The summed E-state index contributed by atoms with van der Waals surface area (Å²) in [4.78, 5) is 24.0. The van der Waals surface area contributed by atoms with Gasteiger partial charge in [-0.25, -0.2) is 18.4 Å². The van der Waals surface area contributed by atoms with Crippen LogP contribution in [0.4, 0.5) is 19.3 Å². The van der Waals surface area contributed by atoms with Crippen LogP contribution in [0, 0.1) is 11.6 Å². The zero-order valence-electron chi connectivity index (χ0n) is 10.6. The first-order valence-corrected chi connectivity index (χ1v) is 6.72. The lowest BCUT2D eigenvalue weighted by molar-refractivity contribution is -0.147. The second-order valence-corrected chi connectivity index (χ2v) is 5.21. The van der Waals surface area contributed by atoms with E-state index in [0.717, 1.165) is 17.0 Å². The molecule has 0 saturated carbocycles. The Morgan fingerprint density at radius 1 is 1.38 bits per heavy atom. The van der Waals surface area contributed by atoms with Gasteiger partial charge < -0.3 is 20.1 Å². The summed E-state index contributed by atoms with van der Waals surface area (Å²) in [6.45, 7) is -0.000869. The molecule has 1 heterocycles. The number of amides is 2. The van der Waals surface area contributed by atoms with Gasteiger partial charge >= 0.3 is 12.0 Å². The standard InChI is InChI=1S/C12H11BrF2N2O4/c13-6-3-7(14)10(8(15)4-6)16-12(20)17-1-2-21-5-9(17)11(18)19/h3-4,9H,1-2,5H2,(H,16,20)(H,18,19). The van der Waals surface area contributed by atoms with E-state index in [9.17, 15) is 18.4 Å². The highest BCUT2D eigenvalue weighted by Crippen LogP contribution is 2.24. The largest absolute Gasteiger partial charge is 0.480 e. The van der Waals surface area contributed by atoms with Crippen molar-refractivity contribution in [1.82, 2.24) is 4.90 Å².